The van der Waals surface area contributed by atoms with E-state index in [1.54, 1.807) is 37.4 Å². The smallest absolute Gasteiger partial charge is 0.255 e. The third-order valence-electron chi connectivity index (χ3n) is 6.54. The topological polar surface area (TPSA) is 126 Å². The van der Waals surface area contributed by atoms with Crippen LogP contribution in [0, 0.1) is 12.8 Å². The maximum atomic E-state index is 13.1. The molecule has 0 saturated carbocycles. The summed E-state index contributed by atoms with van der Waals surface area (Å²) >= 11 is 0. The molecule has 9 nitrogen and oxygen atoms in total. The third-order valence-corrected chi connectivity index (χ3v) is 8.58. The number of hydrogen-bond acceptors (Lipinski definition) is 6. The number of hydrogen-bond donors (Lipinski definition) is 2. The van der Waals surface area contributed by atoms with Crippen molar-refractivity contribution < 1.29 is 18.0 Å². The number of pyridine rings is 1. The summed E-state index contributed by atoms with van der Waals surface area (Å²) in [6.07, 6.45) is 5.93. The minimum absolute atomic E-state index is 0.171. The van der Waals surface area contributed by atoms with Gasteiger partial charge in [0.05, 0.1) is 22.7 Å². The molecule has 4 rings (SSSR count). The number of sulfonamides is 1. The van der Waals surface area contributed by atoms with Crippen molar-refractivity contribution in [3.63, 3.8) is 0 Å². The van der Waals surface area contributed by atoms with E-state index < -0.39 is 15.9 Å². The van der Waals surface area contributed by atoms with Gasteiger partial charge in [-0.05, 0) is 62.4 Å². The molecule has 1 aromatic heterocycles. The number of amides is 2. The molecule has 2 aromatic rings. The number of carbonyl (C=O) groups excluding carboxylic acids is 2. The van der Waals surface area contributed by atoms with Crippen molar-refractivity contribution in [3.05, 3.63) is 47.7 Å². The van der Waals surface area contributed by atoms with Crippen LogP contribution < -0.4 is 16.0 Å². The van der Waals surface area contributed by atoms with E-state index in [-0.39, 0.29) is 22.3 Å². The largest absolute Gasteiger partial charge is 0.369 e. The third kappa shape index (κ3) is 5.23. The summed E-state index contributed by atoms with van der Waals surface area (Å²) in [6.45, 7) is 4.08. The van der Waals surface area contributed by atoms with E-state index in [9.17, 15) is 18.0 Å². The number of aryl methyl sites for hydroxylation is 1. The molecule has 3 N–H and O–H groups in total. The molecule has 10 heteroatoms. The van der Waals surface area contributed by atoms with Gasteiger partial charge in [0.1, 0.15) is 5.82 Å². The molecule has 1 unspecified atom stereocenters. The number of rotatable bonds is 6. The van der Waals surface area contributed by atoms with E-state index >= 15 is 0 Å². The Morgan fingerprint density at radius 3 is 2.50 bits per heavy atom. The molecule has 2 aliphatic rings. The summed E-state index contributed by atoms with van der Waals surface area (Å²) in [5, 5.41) is 2.79. The summed E-state index contributed by atoms with van der Waals surface area (Å²) in [4.78, 5) is 31.0. The van der Waals surface area contributed by atoms with Crippen molar-refractivity contribution in [2.75, 3.05) is 36.4 Å². The fourth-order valence-corrected chi connectivity index (χ4v) is 6.30. The number of nitrogens with two attached hydrogens (primary N) is 1. The number of primary amides is 1. The molecule has 2 saturated heterocycles. The molecular weight excluding hydrogens is 454 g/mol. The standard InChI is InChI=1S/C24H31N5O4S/c1-17-7-8-18(14-21(17)34(32,33)29-12-3-2-4-13-29)24(31)27-20-9-10-22(26-15-20)28-11-5-6-19(16-28)23(25)30/h7-10,14-15,19H,2-6,11-13,16H2,1H3,(H2,25,30)(H,27,31). The van der Waals surface area contributed by atoms with Crippen LogP contribution in [0.2, 0.25) is 0 Å². The zero-order chi connectivity index (χ0) is 24.3. The van der Waals surface area contributed by atoms with Crippen molar-refractivity contribution in [2.24, 2.45) is 11.7 Å². The molecule has 2 fully saturated rings. The van der Waals surface area contributed by atoms with Crippen LogP contribution in [0.1, 0.15) is 48.0 Å². The van der Waals surface area contributed by atoms with Gasteiger partial charge in [-0.15, -0.1) is 0 Å². The average Bonchev–Trinajstić information content (AvgIpc) is 2.85. The Hall–Kier alpha value is -2.98. The molecule has 182 valence electrons. The van der Waals surface area contributed by atoms with Gasteiger partial charge in [0.2, 0.25) is 15.9 Å². The van der Waals surface area contributed by atoms with Crippen LogP contribution in [0.4, 0.5) is 11.5 Å². The molecule has 2 aliphatic heterocycles. The summed E-state index contributed by atoms with van der Waals surface area (Å²) in [6, 6.07) is 8.28. The quantitative estimate of drug-likeness (QED) is 0.648. The fraction of sp³-hybridized carbons (Fsp3) is 0.458. The second kappa shape index (κ2) is 10.1. The average molecular weight is 486 g/mol. The normalized spacial score (nSPS) is 19.6. The lowest BCUT2D eigenvalue weighted by Crippen LogP contribution is -2.41. The molecule has 3 heterocycles. The first-order valence-corrected chi connectivity index (χ1v) is 13.1. The maximum absolute atomic E-state index is 13.1. The molecule has 34 heavy (non-hydrogen) atoms. The first-order valence-electron chi connectivity index (χ1n) is 11.7. The number of piperidine rings is 2. The number of anilines is 2. The second-order valence-electron chi connectivity index (χ2n) is 8.99. The van der Waals surface area contributed by atoms with E-state index in [1.807, 2.05) is 4.90 Å². The molecule has 0 bridgehead atoms. The van der Waals surface area contributed by atoms with Crippen LogP contribution in [0.25, 0.3) is 0 Å². The SMILES string of the molecule is Cc1ccc(C(=O)Nc2ccc(N3CCCC(C(N)=O)C3)nc2)cc1S(=O)(=O)N1CCCCC1. The Labute approximate surface area is 200 Å². The molecule has 2 amide bonds. The highest BCUT2D eigenvalue weighted by atomic mass is 32.2. The zero-order valence-corrected chi connectivity index (χ0v) is 20.2. The summed E-state index contributed by atoms with van der Waals surface area (Å²) in [7, 11) is -3.65. The lowest BCUT2D eigenvalue weighted by Gasteiger charge is -2.32. The van der Waals surface area contributed by atoms with Crippen LogP contribution in [-0.4, -0.2) is 55.7 Å². The van der Waals surface area contributed by atoms with Crippen LogP contribution >= 0.6 is 0 Å². The lowest BCUT2D eigenvalue weighted by molar-refractivity contribution is -0.122. The minimum Gasteiger partial charge on any atom is -0.369 e. The van der Waals surface area contributed by atoms with Crippen molar-refractivity contribution in [3.8, 4) is 0 Å². The Morgan fingerprint density at radius 1 is 1.06 bits per heavy atom. The van der Waals surface area contributed by atoms with E-state index in [0.29, 0.717) is 36.7 Å². The summed E-state index contributed by atoms with van der Waals surface area (Å²) < 4.78 is 27.8. The van der Waals surface area contributed by atoms with Gasteiger partial charge in [-0.25, -0.2) is 13.4 Å². The number of benzene rings is 1. The van der Waals surface area contributed by atoms with Gasteiger partial charge in [-0.3, -0.25) is 9.59 Å². The Morgan fingerprint density at radius 2 is 1.82 bits per heavy atom. The zero-order valence-electron chi connectivity index (χ0n) is 19.4. The van der Waals surface area contributed by atoms with Gasteiger partial charge in [0, 0.05) is 31.7 Å². The molecule has 1 atom stereocenters. The molecular formula is C24H31N5O4S. The van der Waals surface area contributed by atoms with Crippen molar-refractivity contribution >= 4 is 33.3 Å². The Balaban J connectivity index is 1.47. The van der Waals surface area contributed by atoms with Crippen LogP contribution in [-0.2, 0) is 14.8 Å². The predicted octanol–water partition coefficient (Wildman–Crippen LogP) is 2.52. The van der Waals surface area contributed by atoms with Gasteiger partial charge < -0.3 is 16.0 Å². The van der Waals surface area contributed by atoms with E-state index in [2.05, 4.69) is 10.3 Å². The van der Waals surface area contributed by atoms with Gasteiger partial charge in [-0.2, -0.15) is 4.31 Å². The monoisotopic (exact) mass is 485 g/mol. The maximum Gasteiger partial charge on any atom is 0.255 e. The summed E-state index contributed by atoms with van der Waals surface area (Å²) in [5.41, 5.74) is 6.84. The molecule has 1 aromatic carbocycles. The minimum atomic E-state index is -3.65. The highest BCUT2D eigenvalue weighted by Crippen LogP contribution is 2.26. The van der Waals surface area contributed by atoms with E-state index in [4.69, 9.17) is 5.73 Å². The predicted molar refractivity (Wildman–Crippen MR) is 130 cm³/mol. The van der Waals surface area contributed by atoms with E-state index in [1.165, 1.54) is 10.4 Å². The van der Waals surface area contributed by atoms with Crippen molar-refractivity contribution in [2.45, 2.75) is 43.9 Å². The lowest BCUT2D eigenvalue weighted by atomic mass is 9.97. The Kier molecular flexibility index (Phi) is 7.18. The number of aromatic nitrogens is 1. The number of nitrogens with one attached hydrogen (secondary N) is 1. The number of nitrogens with zero attached hydrogens (tertiary/aromatic N) is 3. The summed E-state index contributed by atoms with van der Waals surface area (Å²) in [5.74, 6) is -0.175. The van der Waals surface area contributed by atoms with E-state index in [0.717, 1.165) is 38.6 Å². The van der Waals surface area contributed by atoms with Crippen LogP contribution in [0.15, 0.2) is 41.4 Å². The van der Waals surface area contributed by atoms with Gasteiger partial charge in [-0.1, -0.05) is 12.5 Å². The van der Waals surface area contributed by atoms with Crippen molar-refractivity contribution in [1.29, 1.82) is 0 Å². The highest BCUT2D eigenvalue weighted by Gasteiger charge is 2.28. The van der Waals surface area contributed by atoms with Gasteiger partial charge in [0.15, 0.2) is 0 Å². The first kappa shape index (κ1) is 24.2. The Bertz CT molecular complexity index is 1160. The van der Waals surface area contributed by atoms with Gasteiger partial charge in [0.25, 0.3) is 5.91 Å². The van der Waals surface area contributed by atoms with Gasteiger partial charge >= 0.3 is 0 Å². The molecule has 0 spiro atoms. The fourth-order valence-electron chi connectivity index (χ4n) is 4.53. The number of carbonyl (C=O) groups is 2. The van der Waals surface area contributed by atoms with Crippen LogP contribution in [0.5, 0.6) is 0 Å². The highest BCUT2D eigenvalue weighted by molar-refractivity contribution is 7.89. The van der Waals surface area contributed by atoms with Crippen molar-refractivity contribution in [1.82, 2.24) is 9.29 Å². The second-order valence-corrected chi connectivity index (χ2v) is 10.9. The first-order chi connectivity index (χ1) is 16.3. The van der Waals surface area contributed by atoms with Crippen LogP contribution in [0.3, 0.4) is 0 Å². The molecule has 0 radical (unpaired) electrons. The molecule has 0 aliphatic carbocycles.